The number of carbonyl (C=O) groups excluding carboxylic acids is 3. The summed E-state index contributed by atoms with van der Waals surface area (Å²) in [5, 5.41) is 3.27. The number of esters is 1. The Labute approximate surface area is 179 Å². The van der Waals surface area contributed by atoms with E-state index in [1.54, 1.807) is 4.90 Å². The van der Waals surface area contributed by atoms with Crippen LogP contribution in [0.25, 0.3) is 0 Å². The summed E-state index contributed by atoms with van der Waals surface area (Å²) in [6, 6.07) is 2.84. The van der Waals surface area contributed by atoms with Crippen molar-refractivity contribution in [3.8, 4) is 0 Å². The van der Waals surface area contributed by atoms with Crippen LogP contribution in [0.2, 0.25) is 15.1 Å². The SMILES string of the molecule is CC(C)(C)C(=O)N1CCC(C(=O)OCC(=O)Nc2cc(Cl)c(Cl)cc2Cl)CC1. The molecule has 1 aliphatic heterocycles. The number of benzene rings is 1. The number of halogens is 3. The zero-order chi connectivity index (χ0) is 21.1. The lowest BCUT2D eigenvalue weighted by atomic mass is 9.91. The van der Waals surface area contributed by atoms with Gasteiger partial charge in [-0.15, -0.1) is 0 Å². The van der Waals surface area contributed by atoms with Crippen LogP contribution in [0.5, 0.6) is 0 Å². The average molecular weight is 450 g/mol. The Kier molecular flexibility index (Phi) is 7.59. The van der Waals surface area contributed by atoms with Gasteiger partial charge in [0, 0.05) is 18.5 Å². The van der Waals surface area contributed by atoms with E-state index in [9.17, 15) is 14.4 Å². The Balaban J connectivity index is 1.81. The zero-order valence-corrected chi connectivity index (χ0v) is 18.2. The topological polar surface area (TPSA) is 75.7 Å². The van der Waals surface area contributed by atoms with Crippen molar-refractivity contribution in [1.29, 1.82) is 0 Å². The molecule has 2 amide bonds. The Morgan fingerprint density at radius 3 is 2.21 bits per heavy atom. The van der Waals surface area contributed by atoms with E-state index in [0.29, 0.717) is 25.9 Å². The normalized spacial score (nSPS) is 15.3. The van der Waals surface area contributed by atoms with Gasteiger partial charge in [0.2, 0.25) is 5.91 Å². The molecular weight excluding hydrogens is 427 g/mol. The molecule has 0 radical (unpaired) electrons. The molecule has 154 valence electrons. The summed E-state index contributed by atoms with van der Waals surface area (Å²) in [7, 11) is 0. The monoisotopic (exact) mass is 448 g/mol. The maximum Gasteiger partial charge on any atom is 0.309 e. The minimum absolute atomic E-state index is 0.0669. The van der Waals surface area contributed by atoms with Crippen LogP contribution in [0.4, 0.5) is 5.69 Å². The average Bonchev–Trinajstić information content (AvgIpc) is 2.63. The van der Waals surface area contributed by atoms with E-state index >= 15 is 0 Å². The number of ether oxygens (including phenoxy) is 1. The summed E-state index contributed by atoms with van der Waals surface area (Å²) in [4.78, 5) is 38.3. The molecule has 1 aliphatic rings. The largest absolute Gasteiger partial charge is 0.455 e. The first kappa shape index (κ1) is 22.8. The van der Waals surface area contributed by atoms with E-state index in [2.05, 4.69) is 5.32 Å². The fraction of sp³-hybridized carbons (Fsp3) is 0.526. The molecule has 0 aromatic heterocycles. The van der Waals surface area contributed by atoms with Gasteiger partial charge in [-0.05, 0) is 25.0 Å². The number of likely N-dealkylation sites (tertiary alicyclic amines) is 1. The van der Waals surface area contributed by atoms with Gasteiger partial charge in [-0.25, -0.2) is 0 Å². The fourth-order valence-corrected chi connectivity index (χ4v) is 3.45. The Morgan fingerprint density at radius 2 is 1.64 bits per heavy atom. The summed E-state index contributed by atoms with van der Waals surface area (Å²) >= 11 is 17.8. The predicted octanol–water partition coefficient (Wildman–Crippen LogP) is 4.41. The first-order chi connectivity index (χ1) is 13.0. The van der Waals surface area contributed by atoms with Gasteiger partial charge in [-0.1, -0.05) is 55.6 Å². The summed E-state index contributed by atoms with van der Waals surface area (Å²) < 4.78 is 5.12. The summed E-state index contributed by atoms with van der Waals surface area (Å²) in [5.74, 6) is -1.24. The third-order valence-electron chi connectivity index (χ3n) is 4.39. The molecule has 1 fully saturated rings. The van der Waals surface area contributed by atoms with E-state index in [1.807, 2.05) is 20.8 Å². The molecule has 1 aromatic rings. The number of rotatable bonds is 4. The Morgan fingerprint density at radius 1 is 1.07 bits per heavy atom. The van der Waals surface area contributed by atoms with Gasteiger partial charge in [0.05, 0.1) is 26.7 Å². The molecule has 0 saturated carbocycles. The standard InChI is InChI=1S/C19H23Cl3N2O4/c1-19(2,3)18(27)24-6-4-11(5-7-24)17(26)28-10-16(25)23-15-9-13(21)12(20)8-14(15)22/h8-9,11H,4-7,10H2,1-3H3,(H,23,25). The molecule has 0 bridgehead atoms. The van der Waals surface area contributed by atoms with E-state index in [0.717, 1.165) is 0 Å². The molecule has 0 unspecified atom stereocenters. The molecule has 1 heterocycles. The number of amides is 2. The van der Waals surface area contributed by atoms with Crippen LogP contribution in [-0.4, -0.2) is 42.4 Å². The van der Waals surface area contributed by atoms with Gasteiger partial charge in [-0.2, -0.15) is 0 Å². The predicted molar refractivity (Wildman–Crippen MR) is 110 cm³/mol. The molecule has 6 nitrogen and oxygen atoms in total. The van der Waals surface area contributed by atoms with E-state index in [1.165, 1.54) is 12.1 Å². The molecule has 0 aliphatic carbocycles. The molecule has 0 atom stereocenters. The maximum absolute atomic E-state index is 12.3. The highest BCUT2D eigenvalue weighted by molar-refractivity contribution is 6.44. The maximum atomic E-state index is 12.3. The first-order valence-corrected chi connectivity index (χ1v) is 10.0. The minimum Gasteiger partial charge on any atom is -0.455 e. The smallest absolute Gasteiger partial charge is 0.309 e. The van der Waals surface area contributed by atoms with Crippen molar-refractivity contribution in [2.24, 2.45) is 11.3 Å². The minimum atomic E-state index is -0.533. The van der Waals surface area contributed by atoms with Gasteiger partial charge < -0.3 is 15.0 Å². The highest BCUT2D eigenvalue weighted by atomic mass is 35.5. The highest BCUT2D eigenvalue weighted by Gasteiger charge is 2.33. The van der Waals surface area contributed by atoms with Crippen molar-refractivity contribution < 1.29 is 19.1 Å². The van der Waals surface area contributed by atoms with Crippen LogP contribution >= 0.6 is 34.8 Å². The first-order valence-electron chi connectivity index (χ1n) is 8.89. The number of carbonyl (C=O) groups is 3. The van der Waals surface area contributed by atoms with Crippen LogP contribution < -0.4 is 5.32 Å². The van der Waals surface area contributed by atoms with Gasteiger partial charge in [0.15, 0.2) is 6.61 Å². The molecular formula is C19H23Cl3N2O4. The summed E-state index contributed by atoms with van der Waals surface area (Å²) in [5.41, 5.74) is -0.164. The van der Waals surface area contributed by atoms with Gasteiger partial charge in [0.1, 0.15) is 0 Å². The number of piperidine rings is 1. The van der Waals surface area contributed by atoms with Crippen molar-refractivity contribution in [3.05, 3.63) is 27.2 Å². The second-order valence-electron chi connectivity index (χ2n) is 7.72. The lowest BCUT2D eigenvalue weighted by Gasteiger charge is -2.34. The van der Waals surface area contributed by atoms with Crippen LogP contribution in [-0.2, 0) is 19.1 Å². The molecule has 1 saturated heterocycles. The molecule has 28 heavy (non-hydrogen) atoms. The van der Waals surface area contributed by atoms with Crippen LogP contribution in [0.15, 0.2) is 12.1 Å². The van der Waals surface area contributed by atoms with Crippen molar-refractivity contribution in [1.82, 2.24) is 4.90 Å². The number of hydrogen-bond donors (Lipinski definition) is 1. The van der Waals surface area contributed by atoms with Crippen molar-refractivity contribution in [2.45, 2.75) is 33.6 Å². The third kappa shape index (κ3) is 6.00. The number of nitrogens with zero attached hydrogens (tertiary/aromatic N) is 1. The molecule has 0 spiro atoms. The van der Waals surface area contributed by atoms with Gasteiger partial charge in [0.25, 0.3) is 5.91 Å². The third-order valence-corrected chi connectivity index (χ3v) is 5.42. The highest BCUT2D eigenvalue weighted by Crippen LogP contribution is 2.32. The molecule has 1 N–H and O–H groups in total. The Bertz CT molecular complexity index is 769. The van der Waals surface area contributed by atoms with Gasteiger partial charge >= 0.3 is 5.97 Å². The number of hydrogen-bond acceptors (Lipinski definition) is 4. The number of anilines is 1. The molecule has 2 rings (SSSR count). The summed E-state index contributed by atoms with van der Waals surface area (Å²) in [6.45, 7) is 6.18. The van der Waals surface area contributed by atoms with E-state index in [4.69, 9.17) is 39.5 Å². The van der Waals surface area contributed by atoms with Crippen LogP contribution in [0, 0.1) is 11.3 Å². The number of nitrogens with one attached hydrogen (secondary N) is 1. The van der Waals surface area contributed by atoms with Crippen molar-refractivity contribution in [3.63, 3.8) is 0 Å². The van der Waals surface area contributed by atoms with Crippen molar-refractivity contribution in [2.75, 3.05) is 25.0 Å². The molecule has 1 aromatic carbocycles. The fourth-order valence-electron chi connectivity index (χ4n) is 2.85. The lowest BCUT2D eigenvalue weighted by molar-refractivity contribution is -0.155. The van der Waals surface area contributed by atoms with E-state index < -0.39 is 23.9 Å². The molecule has 9 heteroatoms. The van der Waals surface area contributed by atoms with Crippen LogP contribution in [0.1, 0.15) is 33.6 Å². The second kappa shape index (κ2) is 9.33. The van der Waals surface area contributed by atoms with Crippen molar-refractivity contribution >= 4 is 58.3 Å². The van der Waals surface area contributed by atoms with Gasteiger partial charge in [-0.3, -0.25) is 14.4 Å². The van der Waals surface area contributed by atoms with E-state index in [-0.39, 0.29) is 32.6 Å². The second-order valence-corrected chi connectivity index (χ2v) is 8.94. The van der Waals surface area contributed by atoms with Crippen LogP contribution in [0.3, 0.4) is 0 Å². The lowest BCUT2D eigenvalue weighted by Crippen LogP contribution is -2.45. The summed E-state index contributed by atoms with van der Waals surface area (Å²) in [6.07, 6.45) is 1.03. The quantitative estimate of drug-likeness (QED) is 0.545. The Hall–Kier alpha value is -1.50. The zero-order valence-electron chi connectivity index (χ0n) is 16.0.